The SMILES string of the molecule is CO.Cc1ccc(F)c(C2[N-]C23CCCC3)c1Cl.[U]. The predicted octanol–water partition coefficient (Wildman–Crippen LogP) is 4.14. The van der Waals surface area contributed by atoms with Gasteiger partial charge >= 0.3 is 0 Å². The van der Waals surface area contributed by atoms with E-state index < -0.39 is 0 Å². The molecule has 2 fully saturated rings. The molecule has 1 saturated carbocycles. The van der Waals surface area contributed by atoms with Gasteiger partial charge in [-0.1, -0.05) is 43.4 Å². The number of nitrogens with zero attached hydrogens (tertiary/aromatic N) is 1. The van der Waals surface area contributed by atoms with Crippen LogP contribution in [0.4, 0.5) is 4.39 Å². The zero-order valence-electron chi connectivity index (χ0n) is 11.2. The minimum Gasteiger partial charge on any atom is -0.652 e. The minimum absolute atomic E-state index is 0. The van der Waals surface area contributed by atoms with Gasteiger partial charge in [0.2, 0.25) is 0 Å². The summed E-state index contributed by atoms with van der Waals surface area (Å²) < 4.78 is 13.8. The second-order valence-corrected chi connectivity index (χ2v) is 5.31. The van der Waals surface area contributed by atoms with E-state index in [2.05, 4.69) is 5.32 Å². The fourth-order valence-corrected chi connectivity index (χ4v) is 3.13. The van der Waals surface area contributed by atoms with Gasteiger partial charge in [-0.25, -0.2) is 4.39 Å². The molecule has 1 spiro atoms. The van der Waals surface area contributed by atoms with Crippen molar-refractivity contribution >= 4 is 11.6 Å². The Morgan fingerprint density at radius 3 is 2.47 bits per heavy atom. The quantitative estimate of drug-likeness (QED) is 0.569. The van der Waals surface area contributed by atoms with Crippen LogP contribution in [0.1, 0.15) is 42.9 Å². The van der Waals surface area contributed by atoms with Crippen molar-refractivity contribution in [2.75, 3.05) is 7.11 Å². The average molecular weight is 509 g/mol. The molecule has 2 nitrogen and oxygen atoms in total. The van der Waals surface area contributed by atoms with Crippen LogP contribution in [0.3, 0.4) is 0 Å². The van der Waals surface area contributed by atoms with Crippen molar-refractivity contribution in [3.05, 3.63) is 39.4 Å². The van der Waals surface area contributed by atoms with Gasteiger partial charge in [-0.3, -0.25) is 0 Å². The predicted molar refractivity (Wildman–Crippen MR) is 71.6 cm³/mol. The van der Waals surface area contributed by atoms with Gasteiger partial charge in [-0.05, 0) is 24.1 Å². The normalized spacial score (nSPS) is 22.5. The minimum atomic E-state index is -0.201. The van der Waals surface area contributed by atoms with Crippen LogP contribution in [0.5, 0.6) is 0 Å². The molecule has 3 rings (SSSR count). The Morgan fingerprint density at radius 1 is 1.32 bits per heavy atom. The molecule has 2 aliphatic rings. The molecular weight excluding hydrogens is 491 g/mol. The molecule has 1 aromatic rings. The average Bonchev–Trinajstić information content (AvgIpc) is 2.85. The van der Waals surface area contributed by atoms with Crippen molar-refractivity contribution in [1.82, 2.24) is 0 Å². The number of hydrogen-bond donors (Lipinski definition) is 1. The van der Waals surface area contributed by atoms with Crippen LogP contribution in [0.25, 0.3) is 5.32 Å². The second-order valence-electron chi connectivity index (χ2n) is 4.93. The first kappa shape index (κ1) is 17.5. The summed E-state index contributed by atoms with van der Waals surface area (Å²) in [7, 11) is 1.00. The van der Waals surface area contributed by atoms with E-state index in [0.29, 0.717) is 10.6 Å². The monoisotopic (exact) mass is 508 g/mol. The van der Waals surface area contributed by atoms with E-state index in [1.165, 1.54) is 18.9 Å². The van der Waals surface area contributed by atoms with E-state index in [9.17, 15) is 4.39 Å². The smallest absolute Gasteiger partial charge is 0.126 e. The van der Waals surface area contributed by atoms with Crippen LogP contribution in [-0.2, 0) is 0 Å². The Balaban J connectivity index is 0.000000576. The summed E-state index contributed by atoms with van der Waals surface area (Å²) in [4.78, 5) is 0. The third kappa shape index (κ3) is 3.19. The van der Waals surface area contributed by atoms with Crippen molar-refractivity contribution < 1.29 is 40.6 Å². The number of halogens is 2. The van der Waals surface area contributed by atoms with E-state index in [1.807, 2.05) is 6.92 Å². The van der Waals surface area contributed by atoms with Crippen LogP contribution in [0, 0.1) is 43.9 Å². The summed E-state index contributed by atoms with van der Waals surface area (Å²) in [5.41, 5.74) is 1.61. The summed E-state index contributed by atoms with van der Waals surface area (Å²) in [5.74, 6) is -0.201. The first-order valence-electron chi connectivity index (χ1n) is 6.25. The van der Waals surface area contributed by atoms with Crippen molar-refractivity contribution in [2.24, 2.45) is 0 Å². The van der Waals surface area contributed by atoms with Gasteiger partial charge in [-0.15, -0.1) is 11.6 Å². The summed E-state index contributed by atoms with van der Waals surface area (Å²) in [6.45, 7) is 1.91. The third-order valence-corrected chi connectivity index (χ3v) is 4.39. The van der Waals surface area contributed by atoms with E-state index in [0.717, 1.165) is 25.5 Å². The number of benzene rings is 1. The van der Waals surface area contributed by atoms with E-state index in [-0.39, 0.29) is 48.5 Å². The molecule has 0 radical (unpaired) electrons. The molecule has 1 atom stereocenters. The van der Waals surface area contributed by atoms with Gasteiger partial charge in [0, 0.05) is 43.2 Å². The van der Waals surface area contributed by atoms with E-state index in [4.69, 9.17) is 16.7 Å². The second kappa shape index (κ2) is 6.92. The Morgan fingerprint density at radius 2 is 1.89 bits per heavy atom. The fourth-order valence-electron chi connectivity index (χ4n) is 2.87. The van der Waals surface area contributed by atoms with Crippen LogP contribution >= 0.6 is 11.6 Å². The standard InChI is InChI=1S/C13H14ClFN.CH4O.U/c1-8-4-5-9(15)10(11(8)14)12-13(16-12)6-2-3-7-13;1-2;/h4-5,12H,2-3,6-7H2,1H3;2H,1H3;/q-1;;. The Labute approximate surface area is 142 Å². The van der Waals surface area contributed by atoms with Gasteiger partial charge in [0.15, 0.2) is 0 Å². The first-order valence-corrected chi connectivity index (χ1v) is 6.63. The van der Waals surface area contributed by atoms with Crippen LogP contribution in [-0.4, -0.2) is 17.8 Å². The first-order chi connectivity index (χ1) is 8.64. The number of aliphatic hydroxyl groups excluding tert-OH is 1. The van der Waals surface area contributed by atoms with Crippen molar-refractivity contribution in [1.29, 1.82) is 0 Å². The Bertz CT molecular complexity index is 449. The summed E-state index contributed by atoms with van der Waals surface area (Å²) in [6, 6.07) is 3.25. The third-order valence-electron chi connectivity index (χ3n) is 3.89. The molecule has 104 valence electrons. The maximum Gasteiger partial charge on any atom is 0.126 e. The summed E-state index contributed by atoms with van der Waals surface area (Å²) in [5, 5.41) is 12.2. The molecular formula is C14H18ClFNOU-. The largest absolute Gasteiger partial charge is 0.652 e. The molecule has 1 aliphatic carbocycles. The van der Waals surface area contributed by atoms with E-state index in [1.54, 1.807) is 6.07 Å². The molecule has 1 N–H and O–H groups in total. The van der Waals surface area contributed by atoms with Gasteiger partial charge < -0.3 is 10.4 Å². The van der Waals surface area contributed by atoms with Gasteiger partial charge in [0.25, 0.3) is 0 Å². The molecule has 1 heterocycles. The van der Waals surface area contributed by atoms with Crippen molar-refractivity contribution in [3.63, 3.8) is 0 Å². The molecule has 5 heteroatoms. The molecule has 0 bridgehead atoms. The molecule has 0 amide bonds. The summed E-state index contributed by atoms with van der Waals surface area (Å²) >= 11 is 6.20. The van der Waals surface area contributed by atoms with Gasteiger partial charge in [-0.2, -0.15) is 0 Å². The molecule has 1 unspecified atom stereocenters. The maximum absolute atomic E-state index is 13.8. The fraction of sp³-hybridized carbons (Fsp3) is 0.571. The number of hydrogen-bond acceptors (Lipinski definition) is 1. The molecule has 1 aromatic carbocycles. The van der Waals surface area contributed by atoms with Crippen LogP contribution in [0.15, 0.2) is 12.1 Å². The molecule has 19 heavy (non-hydrogen) atoms. The summed E-state index contributed by atoms with van der Waals surface area (Å²) in [6.07, 6.45) is 4.62. The van der Waals surface area contributed by atoms with Crippen molar-refractivity contribution in [3.8, 4) is 0 Å². The maximum atomic E-state index is 13.8. The number of rotatable bonds is 1. The molecule has 1 saturated heterocycles. The zero-order valence-corrected chi connectivity index (χ0v) is 16.1. The topological polar surface area (TPSA) is 34.3 Å². The van der Waals surface area contributed by atoms with Crippen LogP contribution < -0.4 is 0 Å². The van der Waals surface area contributed by atoms with Gasteiger partial charge in [0.1, 0.15) is 5.82 Å². The van der Waals surface area contributed by atoms with Crippen LogP contribution in [0.2, 0.25) is 5.02 Å². The Kier molecular flexibility index (Phi) is 6.36. The van der Waals surface area contributed by atoms with Crippen molar-refractivity contribution in [2.45, 2.75) is 44.2 Å². The molecule has 1 aliphatic heterocycles. The Hall–Kier alpha value is 0.412. The van der Waals surface area contributed by atoms with E-state index >= 15 is 0 Å². The molecule has 0 aromatic heterocycles. The zero-order chi connectivity index (χ0) is 13.3. The number of aryl methyl sites for hydroxylation is 1. The number of aliphatic hydroxyl groups is 1. The van der Waals surface area contributed by atoms with Gasteiger partial charge in [0.05, 0.1) is 0 Å².